The van der Waals surface area contributed by atoms with Gasteiger partial charge in [-0.2, -0.15) is 5.26 Å². The first-order valence-corrected chi connectivity index (χ1v) is 6.43. The van der Waals surface area contributed by atoms with Crippen LogP contribution in [0.4, 0.5) is 0 Å². The summed E-state index contributed by atoms with van der Waals surface area (Å²) in [4.78, 5) is 13.8. The van der Waals surface area contributed by atoms with Crippen molar-refractivity contribution in [2.45, 2.75) is 13.3 Å². The van der Waals surface area contributed by atoms with E-state index in [1.165, 1.54) is 4.90 Å². The lowest BCUT2D eigenvalue weighted by atomic mass is 10.2. The zero-order valence-corrected chi connectivity index (χ0v) is 12.0. The molecule has 0 aliphatic carbocycles. The van der Waals surface area contributed by atoms with Crippen LogP contribution in [0.5, 0.6) is 5.75 Å². The van der Waals surface area contributed by atoms with Crippen LogP contribution in [-0.4, -0.2) is 31.0 Å². The number of hydrogen-bond donors (Lipinski definition) is 0. The summed E-state index contributed by atoms with van der Waals surface area (Å²) in [5.74, 6) is 0.458. The van der Waals surface area contributed by atoms with Crippen LogP contribution in [0.25, 0.3) is 0 Å². The van der Waals surface area contributed by atoms with Gasteiger partial charge in [-0.25, -0.2) is 0 Å². The molecule has 1 aromatic rings. The van der Waals surface area contributed by atoms with Crippen LogP contribution < -0.4 is 4.74 Å². The molecule has 0 heterocycles. The zero-order chi connectivity index (χ0) is 13.5. The molecular weight excluding hydrogens is 296 g/mol. The van der Waals surface area contributed by atoms with E-state index in [0.717, 1.165) is 6.42 Å². The highest BCUT2D eigenvalue weighted by atomic mass is 79.9. The zero-order valence-electron chi connectivity index (χ0n) is 10.4. The summed E-state index contributed by atoms with van der Waals surface area (Å²) >= 11 is 3.34. The maximum Gasteiger partial charge on any atom is 0.255 e. The van der Waals surface area contributed by atoms with Crippen molar-refractivity contribution in [1.29, 1.82) is 5.26 Å². The van der Waals surface area contributed by atoms with Gasteiger partial charge in [-0.15, -0.1) is 0 Å². The second-order valence-electron chi connectivity index (χ2n) is 3.73. The molecule has 0 unspecified atom stereocenters. The van der Waals surface area contributed by atoms with E-state index in [2.05, 4.69) is 15.9 Å². The Bertz CT molecular complexity index is 469. The minimum atomic E-state index is -0.163. The number of ether oxygens (including phenoxy) is 1. The number of carbonyl (C=O) groups excluding carboxylic acids is 1. The number of carbonyl (C=O) groups is 1. The van der Waals surface area contributed by atoms with E-state index < -0.39 is 0 Å². The van der Waals surface area contributed by atoms with Gasteiger partial charge in [0.25, 0.3) is 5.91 Å². The number of amides is 1. The van der Waals surface area contributed by atoms with Gasteiger partial charge in [-0.05, 0) is 40.5 Å². The molecule has 0 atom stereocenters. The maximum absolute atomic E-state index is 12.3. The summed E-state index contributed by atoms with van der Waals surface area (Å²) in [5, 5.41) is 8.75. The monoisotopic (exact) mass is 310 g/mol. The molecule has 1 rings (SSSR count). The van der Waals surface area contributed by atoms with E-state index in [1.807, 2.05) is 13.0 Å². The van der Waals surface area contributed by atoms with Crippen LogP contribution in [0, 0.1) is 11.3 Å². The van der Waals surface area contributed by atoms with Crippen molar-refractivity contribution in [2.75, 3.05) is 20.2 Å². The van der Waals surface area contributed by atoms with Crippen LogP contribution in [0.15, 0.2) is 22.7 Å². The number of nitriles is 1. The van der Waals surface area contributed by atoms with Crippen LogP contribution in [-0.2, 0) is 0 Å². The van der Waals surface area contributed by atoms with Crippen molar-refractivity contribution in [3.8, 4) is 11.8 Å². The van der Waals surface area contributed by atoms with Gasteiger partial charge in [0.1, 0.15) is 12.3 Å². The van der Waals surface area contributed by atoms with E-state index in [0.29, 0.717) is 22.3 Å². The van der Waals surface area contributed by atoms with Crippen LogP contribution in [0.3, 0.4) is 0 Å². The van der Waals surface area contributed by atoms with E-state index in [1.54, 1.807) is 25.3 Å². The molecule has 0 aliphatic heterocycles. The van der Waals surface area contributed by atoms with Gasteiger partial charge in [-0.3, -0.25) is 4.79 Å². The SMILES string of the molecule is CCCN(CC#N)C(=O)c1cc(OC)ccc1Br. The van der Waals surface area contributed by atoms with E-state index in [-0.39, 0.29) is 12.5 Å². The Balaban J connectivity index is 3.03. The lowest BCUT2D eigenvalue weighted by molar-refractivity contribution is 0.0775. The Kier molecular flexibility index (Phi) is 5.66. The number of nitrogens with zero attached hydrogens (tertiary/aromatic N) is 2. The van der Waals surface area contributed by atoms with Gasteiger partial charge in [0.2, 0.25) is 0 Å². The first-order chi connectivity index (χ1) is 8.63. The van der Waals surface area contributed by atoms with Crippen LogP contribution >= 0.6 is 15.9 Å². The Morgan fingerprint density at radius 1 is 1.56 bits per heavy atom. The molecule has 5 heteroatoms. The first-order valence-electron chi connectivity index (χ1n) is 5.63. The van der Waals surface area contributed by atoms with Crippen molar-refractivity contribution in [2.24, 2.45) is 0 Å². The van der Waals surface area contributed by atoms with Gasteiger partial charge in [0, 0.05) is 11.0 Å². The van der Waals surface area contributed by atoms with E-state index in [4.69, 9.17) is 10.00 Å². The molecular formula is C13H15BrN2O2. The molecule has 0 N–H and O–H groups in total. The number of hydrogen-bond acceptors (Lipinski definition) is 3. The van der Waals surface area contributed by atoms with Gasteiger partial charge in [0.15, 0.2) is 0 Å². The third kappa shape index (κ3) is 3.47. The topological polar surface area (TPSA) is 53.3 Å². The Labute approximate surface area is 115 Å². The van der Waals surface area contributed by atoms with E-state index in [9.17, 15) is 4.79 Å². The fraction of sp³-hybridized carbons (Fsp3) is 0.385. The highest BCUT2D eigenvalue weighted by Crippen LogP contribution is 2.23. The molecule has 96 valence electrons. The molecule has 0 spiro atoms. The molecule has 0 aliphatic rings. The normalized spacial score (nSPS) is 9.67. The van der Waals surface area contributed by atoms with Gasteiger partial charge >= 0.3 is 0 Å². The van der Waals surface area contributed by atoms with Crippen molar-refractivity contribution in [3.63, 3.8) is 0 Å². The highest BCUT2D eigenvalue weighted by molar-refractivity contribution is 9.10. The quantitative estimate of drug-likeness (QED) is 0.786. The summed E-state index contributed by atoms with van der Waals surface area (Å²) in [6.07, 6.45) is 0.814. The molecule has 4 nitrogen and oxygen atoms in total. The second-order valence-corrected chi connectivity index (χ2v) is 4.58. The summed E-state index contributed by atoms with van der Waals surface area (Å²) in [6.45, 7) is 2.63. The van der Waals surface area contributed by atoms with Crippen molar-refractivity contribution >= 4 is 21.8 Å². The standard InChI is InChI=1S/C13H15BrN2O2/c1-3-7-16(8-6-15)13(17)11-9-10(18-2)4-5-12(11)14/h4-5,9H,3,7-8H2,1-2H3. The summed E-state index contributed by atoms with van der Waals surface area (Å²) in [7, 11) is 1.55. The molecule has 0 aromatic heterocycles. The minimum Gasteiger partial charge on any atom is -0.497 e. The lowest BCUT2D eigenvalue weighted by Crippen LogP contribution is -2.32. The molecule has 0 saturated carbocycles. The molecule has 1 aromatic carbocycles. The number of rotatable bonds is 5. The van der Waals surface area contributed by atoms with Gasteiger partial charge in [0.05, 0.1) is 18.7 Å². The molecule has 1 amide bonds. The minimum absolute atomic E-state index is 0.0936. The average molecular weight is 311 g/mol. The largest absolute Gasteiger partial charge is 0.497 e. The lowest BCUT2D eigenvalue weighted by Gasteiger charge is -2.19. The molecule has 0 radical (unpaired) electrons. The Hall–Kier alpha value is -1.54. The predicted octanol–water partition coefficient (Wildman–Crippen LogP) is 2.83. The second kappa shape index (κ2) is 7.02. The highest BCUT2D eigenvalue weighted by Gasteiger charge is 2.18. The Morgan fingerprint density at radius 2 is 2.28 bits per heavy atom. The smallest absolute Gasteiger partial charge is 0.255 e. The maximum atomic E-state index is 12.3. The molecule has 0 fully saturated rings. The number of methoxy groups -OCH3 is 1. The fourth-order valence-corrected chi connectivity index (χ4v) is 1.99. The van der Waals surface area contributed by atoms with Crippen LogP contribution in [0.1, 0.15) is 23.7 Å². The summed E-state index contributed by atoms with van der Waals surface area (Å²) < 4.78 is 5.80. The molecule has 18 heavy (non-hydrogen) atoms. The van der Waals surface area contributed by atoms with E-state index >= 15 is 0 Å². The van der Waals surface area contributed by atoms with Crippen molar-refractivity contribution in [3.05, 3.63) is 28.2 Å². The number of benzene rings is 1. The third-order valence-corrected chi connectivity index (χ3v) is 3.14. The molecule has 0 bridgehead atoms. The van der Waals surface area contributed by atoms with Crippen molar-refractivity contribution in [1.82, 2.24) is 4.90 Å². The molecule has 0 saturated heterocycles. The fourth-order valence-electron chi connectivity index (χ4n) is 1.57. The average Bonchev–Trinajstić information content (AvgIpc) is 2.38. The Morgan fingerprint density at radius 3 is 2.83 bits per heavy atom. The van der Waals surface area contributed by atoms with Gasteiger partial charge in [-0.1, -0.05) is 6.92 Å². The van der Waals surface area contributed by atoms with Crippen LogP contribution in [0.2, 0.25) is 0 Å². The third-order valence-electron chi connectivity index (χ3n) is 2.45. The van der Waals surface area contributed by atoms with Crippen molar-refractivity contribution < 1.29 is 9.53 Å². The summed E-state index contributed by atoms with van der Waals surface area (Å²) in [6, 6.07) is 7.22. The first kappa shape index (κ1) is 14.5. The number of halogens is 1. The van der Waals surface area contributed by atoms with Gasteiger partial charge < -0.3 is 9.64 Å². The predicted molar refractivity (Wildman–Crippen MR) is 72.5 cm³/mol. The summed E-state index contributed by atoms with van der Waals surface area (Å²) in [5.41, 5.74) is 0.512.